The van der Waals surface area contributed by atoms with Crippen LogP contribution in [0.1, 0.15) is 19.4 Å². The number of amides is 1. The highest BCUT2D eigenvalue weighted by molar-refractivity contribution is 9.10. The van der Waals surface area contributed by atoms with E-state index in [9.17, 15) is 14.0 Å². The summed E-state index contributed by atoms with van der Waals surface area (Å²) in [7, 11) is 0. The second kappa shape index (κ2) is 8.09. The van der Waals surface area contributed by atoms with E-state index in [1.807, 2.05) is 0 Å². The molecule has 0 aliphatic carbocycles. The molecule has 0 heterocycles. The van der Waals surface area contributed by atoms with Crippen molar-refractivity contribution in [2.24, 2.45) is 0 Å². The summed E-state index contributed by atoms with van der Waals surface area (Å²) in [6, 6.07) is 3.88. The van der Waals surface area contributed by atoms with Gasteiger partial charge in [-0.25, -0.2) is 4.39 Å². The summed E-state index contributed by atoms with van der Waals surface area (Å²) < 4.78 is 14.5. The van der Waals surface area contributed by atoms with Crippen LogP contribution in [0.5, 0.6) is 0 Å². The van der Waals surface area contributed by atoms with Gasteiger partial charge in [-0.2, -0.15) is 0 Å². The minimum atomic E-state index is -0.990. The van der Waals surface area contributed by atoms with Crippen molar-refractivity contribution in [2.75, 3.05) is 13.1 Å². The zero-order valence-corrected chi connectivity index (χ0v) is 13.5. The highest BCUT2D eigenvalue weighted by Gasteiger charge is 2.21. The van der Waals surface area contributed by atoms with Gasteiger partial charge in [-0.1, -0.05) is 22.0 Å². The zero-order valence-electron chi connectivity index (χ0n) is 11.9. The highest BCUT2D eigenvalue weighted by Crippen LogP contribution is 2.17. The van der Waals surface area contributed by atoms with E-state index >= 15 is 0 Å². The normalized spacial score (nSPS) is 12.2. The number of rotatable bonds is 7. The molecule has 7 heteroatoms. The Morgan fingerprint density at radius 3 is 2.67 bits per heavy atom. The maximum atomic E-state index is 13.9. The van der Waals surface area contributed by atoms with Crippen LogP contribution in [0.4, 0.5) is 4.39 Å². The second-order valence-corrected chi connectivity index (χ2v) is 5.62. The van der Waals surface area contributed by atoms with Crippen LogP contribution >= 0.6 is 15.9 Å². The van der Waals surface area contributed by atoms with Gasteiger partial charge in [-0.05, 0) is 19.1 Å². The number of carboxylic acids is 1. The lowest BCUT2D eigenvalue weighted by Crippen LogP contribution is -2.42. The fraction of sp³-hybridized carbons (Fsp3) is 0.429. The summed E-state index contributed by atoms with van der Waals surface area (Å²) in [6.45, 7) is 3.71. The quantitative estimate of drug-likeness (QED) is 0.780. The third-order valence-corrected chi connectivity index (χ3v) is 3.56. The summed E-state index contributed by atoms with van der Waals surface area (Å²) in [4.78, 5) is 23.6. The number of carboxylic acid groups (broad SMARTS) is 1. The maximum Gasteiger partial charge on any atom is 0.320 e. The molecule has 1 aromatic carbocycles. The van der Waals surface area contributed by atoms with Crippen LogP contribution < -0.4 is 5.32 Å². The van der Waals surface area contributed by atoms with E-state index in [2.05, 4.69) is 21.2 Å². The van der Waals surface area contributed by atoms with Crippen LogP contribution in [-0.2, 0) is 16.1 Å². The Hall–Kier alpha value is -1.47. The summed E-state index contributed by atoms with van der Waals surface area (Å²) in [5.41, 5.74) is 0.411. The molecule has 0 saturated heterocycles. The van der Waals surface area contributed by atoms with E-state index in [-0.39, 0.29) is 12.5 Å². The molecular formula is C14H18BrFN2O3. The molecule has 1 atom stereocenters. The number of halogens is 2. The van der Waals surface area contributed by atoms with E-state index in [1.165, 1.54) is 19.9 Å². The Balaban J connectivity index is 2.80. The molecule has 1 aromatic rings. The van der Waals surface area contributed by atoms with Crippen LogP contribution in [0.2, 0.25) is 0 Å². The first-order valence-corrected chi connectivity index (χ1v) is 7.25. The lowest BCUT2D eigenvalue weighted by atomic mass is 10.1. The lowest BCUT2D eigenvalue weighted by Gasteiger charge is -2.26. The molecule has 2 N–H and O–H groups in total. The molecule has 0 saturated carbocycles. The molecule has 5 nitrogen and oxygen atoms in total. The van der Waals surface area contributed by atoms with E-state index in [4.69, 9.17) is 5.11 Å². The Morgan fingerprint density at radius 2 is 2.14 bits per heavy atom. The Labute approximate surface area is 131 Å². The van der Waals surface area contributed by atoms with E-state index in [1.54, 1.807) is 17.0 Å². The molecule has 0 spiro atoms. The predicted octanol–water partition coefficient (Wildman–Crippen LogP) is 2.00. The van der Waals surface area contributed by atoms with Gasteiger partial charge in [0, 0.05) is 36.6 Å². The van der Waals surface area contributed by atoms with Crippen molar-refractivity contribution in [2.45, 2.75) is 26.4 Å². The minimum Gasteiger partial charge on any atom is -0.480 e. The number of nitrogens with zero attached hydrogens (tertiary/aromatic N) is 1. The number of carbonyl (C=O) groups excluding carboxylic acids is 1. The van der Waals surface area contributed by atoms with Gasteiger partial charge in [0.2, 0.25) is 5.91 Å². The third-order valence-electron chi connectivity index (χ3n) is 3.07. The number of hydrogen-bond donors (Lipinski definition) is 2. The monoisotopic (exact) mass is 360 g/mol. The van der Waals surface area contributed by atoms with Crippen molar-refractivity contribution < 1.29 is 19.1 Å². The van der Waals surface area contributed by atoms with Crippen LogP contribution in [0, 0.1) is 5.82 Å². The van der Waals surface area contributed by atoms with E-state index in [0.717, 1.165) is 0 Å². The smallest absolute Gasteiger partial charge is 0.320 e. The molecule has 0 bridgehead atoms. The Bertz CT molecular complexity index is 525. The SMILES string of the molecule is CC(=O)NCCN(Cc1ccc(Br)cc1F)C(C)C(=O)O. The summed E-state index contributed by atoms with van der Waals surface area (Å²) in [5, 5.41) is 11.7. The topological polar surface area (TPSA) is 69.6 Å². The molecular weight excluding hydrogens is 343 g/mol. The van der Waals surface area contributed by atoms with Crippen LogP contribution in [0.25, 0.3) is 0 Å². The van der Waals surface area contributed by atoms with E-state index in [0.29, 0.717) is 23.1 Å². The van der Waals surface area contributed by atoms with Crippen molar-refractivity contribution in [3.05, 3.63) is 34.1 Å². The molecule has 0 aromatic heterocycles. The molecule has 0 aliphatic heterocycles. The fourth-order valence-electron chi connectivity index (χ4n) is 1.81. The van der Waals surface area contributed by atoms with Crippen LogP contribution in [0.15, 0.2) is 22.7 Å². The average Bonchev–Trinajstić information content (AvgIpc) is 2.38. The molecule has 0 aliphatic rings. The number of benzene rings is 1. The number of carbonyl (C=O) groups is 2. The third kappa shape index (κ3) is 5.81. The average molecular weight is 361 g/mol. The molecule has 1 rings (SSSR count). The molecule has 1 amide bonds. The number of aliphatic carboxylic acids is 1. The first kappa shape index (κ1) is 17.6. The molecule has 0 radical (unpaired) electrons. The second-order valence-electron chi connectivity index (χ2n) is 4.70. The van der Waals surface area contributed by atoms with Gasteiger partial charge in [0.05, 0.1) is 0 Å². The van der Waals surface area contributed by atoms with Gasteiger partial charge in [0.15, 0.2) is 0 Å². The zero-order chi connectivity index (χ0) is 16.0. The largest absolute Gasteiger partial charge is 0.480 e. The van der Waals surface area contributed by atoms with Crippen molar-refractivity contribution in [3.8, 4) is 0 Å². The molecule has 21 heavy (non-hydrogen) atoms. The Morgan fingerprint density at radius 1 is 1.48 bits per heavy atom. The molecule has 0 fully saturated rings. The van der Waals surface area contributed by atoms with Gasteiger partial charge < -0.3 is 10.4 Å². The minimum absolute atomic E-state index is 0.159. The van der Waals surface area contributed by atoms with E-state index < -0.39 is 17.8 Å². The van der Waals surface area contributed by atoms with Gasteiger partial charge in [0.25, 0.3) is 0 Å². The molecule has 116 valence electrons. The summed E-state index contributed by atoms with van der Waals surface area (Å²) in [5.74, 6) is -1.57. The number of nitrogens with one attached hydrogen (secondary N) is 1. The highest BCUT2D eigenvalue weighted by atomic mass is 79.9. The van der Waals surface area contributed by atoms with Crippen LogP contribution in [-0.4, -0.2) is 41.0 Å². The summed E-state index contributed by atoms with van der Waals surface area (Å²) >= 11 is 3.18. The fourth-order valence-corrected chi connectivity index (χ4v) is 2.14. The van der Waals surface area contributed by atoms with Crippen LogP contribution in [0.3, 0.4) is 0 Å². The van der Waals surface area contributed by atoms with Gasteiger partial charge in [-0.3, -0.25) is 14.5 Å². The van der Waals surface area contributed by atoms with Crippen molar-refractivity contribution in [3.63, 3.8) is 0 Å². The van der Waals surface area contributed by atoms with Gasteiger partial charge in [0.1, 0.15) is 11.9 Å². The Kier molecular flexibility index (Phi) is 6.77. The first-order chi connectivity index (χ1) is 9.81. The molecule has 1 unspecified atom stereocenters. The predicted molar refractivity (Wildman–Crippen MR) is 80.3 cm³/mol. The van der Waals surface area contributed by atoms with Gasteiger partial charge in [-0.15, -0.1) is 0 Å². The summed E-state index contributed by atoms with van der Waals surface area (Å²) in [6.07, 6.45) is 0. The van der Waals surface area contributed by atoms with Crippen molar-refractivity contribution in [1.29, 1.82) is 0 Å². The van der Waals surface area contributed by atoms with Gasteiger partial charge >= 0.3 is 5.97 Å². The lowest BCUT2D eigenvalue weighted by molar-refractivity contribution is -0.142. The first-order valence-electron chi connectivity index (χ1n) is 6.46. The number of hydrogen-bond acceptors (Lipinski definition) is 3. The standard InChI is InChI=1S/C14H18BrFN2O3/c1-9(14(20)21)18(6-5-17-10(2)19)8-11-3-4-12(15)7-13(11)16/h3-4,7,9H,5-6,8H2,1-2H3,(H,17,19)(H,20,21). The maximum absolute atomic E-state index is 13.9. The van der Waals surface area contributed by atoms with Crippen molar-refractivity contribution in [1.82, 2.24) is 10.2 Å². The van der Waals surface area contributed by atoms with Crippen molar-refractivity contribution >= 4 is 27.8 Å².